The summed E-state index contributed by atoms with van der Waals surface area (Å²) in [6.07, 6.45) is 11.0. The molecule has 0 N–H and O–H groups in total. The smallest absolute Gasteiger partial charge is 0.271 e. The summed E-state index contributed by atoms with van der Waals surface area (Å²) in [5, 5.41) is 14.9. The Morgan fingerprint density at radius 2 is 1.85 bits per heavy atom. The van der Waals surface area contributed by atoms with Gasteiger partial charge in [-0.1, -0.05) is 24.3 Å². The highest BCUT2D eigenvalue weighted by Gasteiger charge is 2.50. The number of benzene rings is 2. The van der Waals surface area contributed by atoms with E-state index >= 15 is 0 Å². The van der Waals surface area contributed by atoms with Gasteiger partial charge in [0, 0.05) is 35.2 Å². The average molecular weight is 430 g/mol. The molecular weight excluding hydrogens is 412 g/mol. The molecule has 0 bridgehead atoms. The quantitative estimate of drug-likeness (QED) is 0.420. The van der Waals surface area contributed by atoms with E-state index in [-0.39, 0.29) is 5.41 Å². The molecule has 2 aromatic carbocycles. The van der Waals surface area contributed by atoms with E-state index in [1.165, 1.54) is 5.56 Å². The normalized spacial score (nSPS) is 14.7. The Labute approximate surface area is 188 Å². The van der Waals surface area contributed by atoms with E-state index < -0.39 is 0 Å². The minimum atomic E-state index is -0.199. The highest BCUT2D eigenvalue weighted by Crippen LogP contribution is 2.53. The summed E-state index contributed by atoms with van der Waals surface area (Å²) in [7, 11) is 0. The molecule has 1 saturated carbocycles. The summed E-state index contributed by atoms with van der Waals surface area (Å²) in [5.41, 5.74) is 4.75. The number of aromatic nitrogens is 8. The molecule has 1 aliphatic rings. The van der Waals surface area contributed by atoms with Crippen LogP contribution in [0, 0.1) is 0 Å². The second-order valence-electron chi connectivity index (χ2n) is 8.39. The Morgan fingerprint density at radius 3 is 2.73 bits per heavy atom. The van der Waals surface area contributed by atoms with Crippen LogP contribution in [-0.2, 0) is 5.41 Å². The van der Waals surface area contributed by atoms with E-state index in [0.29, 0.717) is 5.78 Å². The number of imidazole rings is 1. The molecule has 1 fully saturated rings. The highest BCUT2D eigenvalue weighted by atomic mass is 15.4. The van der Waals surface area contributed by atoms with Crippen molar-refractivity contribution in [3.8, 4) is 16.9 Å². The highest BCUT2D eigenvalue weighted by molar-refractivity contribution is 5.79. The van der Waals surface area contributed by atoms with Gasteiger partial charge in [0.25, 0.3) is 5.78 Å². The van der Waals surface area contributed by atoms with Crippen LogP contribution >= 0.6 is 0 Å². The fourth-order valence-electron chi connectivity index (χ4n) is 4.50. The number of fused-ring (bicyclic) bond motifs is 2. The molecule has 8 nitrogen and oxygen atoms in total. The van der Waals surface area contributed by atoms with Crippen molar-refractivity contribution in [1.82, 2.24) is 39.3 Å². The Bertz CT molecular complexity index is 1630. The van der Waals surface area contributed by atoms with Crippen LogP contribution in [0.4, 0.5) is 0 Å². The lowest BCUT2D eigenvalue weighted by Crippen LogP contribution is -2.15. The van der Waals surface area contributed by atoms with Crippen molar-refractivity contribution in [1.29, 1.82) is 0 Å². The molecule has 4 aromatic heterocycles. The Hall–Kier alpha value is -4.46. The number of hydrogen-bond acceptors (Lipinski definition) is 6. The maximum absolute atomic E-state index is 4.91. The third-order valence-electron chi connectivity index (χ3n) is 6.41. The first-order chi connectivity index (χ1) is 16.3. The number of rotatable bonds is 4. The van der Waals surface area contributed by atoms with Gasteiger partial charge in [0.05, 0.1) is 23.5 Å². The summed E-state index contributed by atoms with van der Waals surface area (Å²) in [6.45, 7) is 0. The van der Waals surface area contributed by atoms with Gasteiger partial charge in [0.2, 0.25) is 0 Å². The lowest BCUT2D eigenvalue weighted by molar-refractivity contribution is 0.703. The zero-order valence-corrected chi connectivity index (χ0v) is 17.6. The van der Waals surface area contributed by atoms with Crippen LogP contribution < -0.4 is 0 Å². The lowest BCUT2D eigenvalue weighted by atomic mass is 9.94. The van der Waals surface area contributed by atoms with Gasteiger partial charge < -0.3 is 4.57 Å². The van der Waals surface area contributed by atoms with E-state index in [9.17, 15) is 0 Å². The van der Waals surface area contributed by atoms with Gasteiger partial charge in [-0.3, -0.25) is 4.98 Å². The predicted molar refractivity (Wildman–Crippen MR) is 123 cm³/mol. The van der Waals surface area contributed by atoms with Crippen LogP contribution in [-0.4, -0.2) is 39.3 Å². The van der Waals surface area contributed by atoms with Gasteiger partial charge in [-0.15, -0.1) is 10.2 Å². The van der Waals surface area contributed by atoms with Crippen LogP contribution in [0.15, 0.2) is 85.7 Å². The summed E-state index contributed by atoms with van der Waals surface area (Å²) in [6, 6.07) is 18.6. The van der Waals surface area contributed by atoms with Crippen molar-refractivity contribution >= 4 is 16.7 Å². The molecular formula is C25H18N8. The Kier molecular flexibility index (Phi) is 3.72. The molecule has 0 radical (unpaired) electrons. The van der Waals surface area contributed by atoms with Crippen molar-refractivity contribution in [2.75, 3.05) is 0 Å². The van der Waals surface area contributed by atoms with Gasteiger partial charge in [0.1, 0.15) is 5.69 Å². The molecule has 6 aromatic rings. The van der Waals surface area contributed by atoms with Crippen molar-refractivity contribution in [3.05, 3.63) is 97.1 Å². The van der Waals surface area contributed by atoms with Gasteiger partial charge in [-0.25, -0.2) is 9.97 Å². The largest absolute Gasteiger partial charge is 0.306 e. The van der Waals surface area contributed by atoms with Crippen LogP contribution in [0.5, 0.6) is 0 Å². The molecule has 0 unspecified atom stereocenters. The first-order valence-electron chi connectivity index (χ1n) is 10.8. The third-order valence-corrected chi connectivity index (χ3v) is 6.41. The van der Waals surface area contributed by atoms with Crippen LogP contribution in [0.25, 0.3) is 33.6 Å². The number of hydrogen-bond donors (Lipinski definition) is 0. The number of nitrogens with zero attached hydrogens (tertiary/aromatic N) is 8. The van der Waals surface area contributed by atoms with Crippen molar-refractivity contribution in [2.24, 2.45) is 0 Å². The number of pyridine rings is 1. The van der Waals surface area contributed by atoms with Crippen molar-refractivity contribution < 1.29 is 0 Å². The fraction of sp³-hybridized carbons (Fsp3) is 0.120. The summed E-state index contributed by atoms with van der Waals surface area (Å²) in [4.78, 5) is 13.1. The van der Waals surface area contributed by atoms with E-state index in [0.717, 1.165) is 46.5 Å². The minimum absolute atomic E-state index is 0.199. The van der Waals surface area contributed by atoms with Crippen LogP contribution in [0.1, 0.15) is 24.2 Å². The molecule has 33 heavy (non-hydrogen) atoms. The minimum Gasteiger partial charge on any atom is -0.306 e. The summed E-state index contributed by atoms with van der Waals surface area (Å²) >= 11 is 0. The van der Waals surface area contributed by atoms with Gasteiger partial charge in [-0.2, -0.15) is 9.61 Å². The molecule has 4 heterocycles. The second kappa shape index (κ2) is 6.77. The lowest BCUT2D eigenvalue weighted by Gasteiger charge is -2.14. The Morgan fingerprint density at radius 1 is 0.879 bits per heavy atom. The molecule has 0 atom stereocenters. The molecule has 7 rings (SSSR count). The zero-order valence-electron chi connectivity index (χ0n) is 17.6. The summed E-state index contributed by atoms with van der Waals surface area (Å²) in [5.74, 6) is 1.34. The molecule has 0 aliphatic heterocycles. The fourth-order valence-corrected chi connectivity index (χ4v) is 4.50. The van der Waals surface area contributed by atoms with Gasteiger partial charge in [0.15, 0.2) is 5.82 Å². The first kappa shape index (κ1) is 18.1. The monoisotopic (exact) mass is 430 g/mol. The van der Waals surface area contributed by atoms with Crippen molar-refractivity contribution in [2.45, 2.75) is 18.3 Å². The van der Waals surface area contributed by atoms with E-state index in [4.69, 9.17) is 5.10 Å². The van der Waals surface area contributed by atoms with E-state index in [1.54, 1.807) is 23.2 Å². The predicted octanol–water partition coefficient (Wildman–Crippen LogP) is 4.00. The summed E-state index contributed by atoms with van der Waals surface area (Å²) < 4.78 is 3.77. The Balaban J connectivity index is 1.34. The van der Waals surface area contributed by atoms with Gasteiger partial charge in [-0.05, 0) is 48.7 Å². The van der Waals surface area contributed by atoms with E-state index in [1.807, 2.05) is 41.2 Å². The molecule has 8 heteroatoms. The first-order valence-corrected chi connectivity index (χ1v) is 10.8. The zero-order chi connectivity index (χ0) is 21.8. The molecule has 158 valence electrons. The molecule has 0 spiro atoms. The van der Waals surface area contributed by atoms with E-state index in [2.05, 4.69) is 55.5 Å². The average Bonchev–Trinajstić information content (AvgIpc) is 3.29. The maximum Gasteiger partial charge on any atom is 0.271 e. The second-order valence-corrected chi connectivity index (χ2v) is 8.39. The third kappa shape index (κ3) is 2.84. The van der Waals surface area contributed by atoms with Crippen molar-refractivity contribution in [3.63, 3.8) is 0 Å². The standard InChI is InChI=1S/C25H18N8/c1-3-18(14-20(5-1)32-12-11-26-16-32)22-15-28-24-30-29-23(33(24)31-22)25(8-9-25)19-6-7-21-17(13-19)4-2-10-27-21/h1-7,10-16H,8-9H2. The molecule has 0 saturated heterocycles. The van der Waals surface area contributed by atoms with Gasteiger partial charge >= 0.3 is 0 Å². The SMILES string of the molecule is c1cc(-c2cnc3nnc(C4(c5ccc6ncccc6c5)CC4)n3n2)cc(-n2ccnc2)c1. The molecule has 0 amide bonds. The maximum atomic E-state index is 4.91. The topological polar surface area (TPSA) is 86.7 Å². The molecule has 1 aliphatic carbocycles. The van der Waals surface area contributed by atoms with Crippen LogP contribution in [0.2, 0.25) is 0 Å². The van der Waals surface area contributed by atoms with Crippen LogP contribution in [0.3, 0.4) is 0 Å².